The second-order valence-electron chi connectivity index (χ2n) is 7.83. The molecule has 1 aromatic carbocycles. The molecule has 2 amide bonds. The highest BCUT2D eigenvalue weighted by Crippen LogP contribution is 2.59. The fraction of sp³-hybridized carbons (Fsp3) is 0.526. The summed E-state index contributed by atoms with van der Waals surface area (Å²) in [6.07, 6.45) is 0. The Labute approximate surface area is 163 Å². The van der Waals surface area contributed by atoms with Gasteiger partial charge >= 0.3 is 5.97 Å². The molecular weight excluding hydrogens is 370 g/mol. The Kier molecular flexibility index (Phi) is 5.18. The lowest BCUT2D eigenvalue weighted by Gasteiger charge is -2.38. The van der Waals surface area contributed by atoms with Crippen LogP contribution in [0.15, 0.2) is 24.3 Å². The smallest absolute Gasteiger partial charge is 0.307 e. The fourth-order valence-corrected chi connectivity index (χ4v) is 4.28. The monoisotopic (exact) mass is 393 g/mol. The van der Waals surface area contributed by atoms with Gasteiger partial charge in [0.15, 0.2) is 0 Å². The van der Waals surface area contributed by atoms with Gasteiger partial charge in [-0.1, -0.05) is 37.6 Å². The molecule has 1 saturated heterocycles. The van der Waals surface area contributed by atoms with Gasteiger partial charge in [0.05, 0.1) is 11.8 Å². The summed E-state index contributed by atoms with van der Waals surface area (Å²) < 4.78 is 0. The normalized spacial score (nSPS) is 25.7. The molecule has 0 spiro atoms. The SMILES string of the molecule is CC1(C)[C@H](C(=O)O)[C@@H]1C(=O)N1CCN(C(C(N)=O)c2ccc(Cl)cc2)CC1. The molecule has 7 nitrogen and oxygen atoms in total. The van der Waals surface area contributed by atoms with Crippen LogP contribution in [0.25, 0.3) is 0 Å². The summed E-state index contributed by atoms with van der Waals surface area (Å²) in [5.41, 5.74) is 5.87. The van der Waals surface area contributed by atoms with Crippen LogP contribution < -0.4 is 5.73 Å². The standard InChI is InChI=1S/C19H24ClN3O4/c1-19(2)13(14(19)18(26)27)17(25)23-9-7-22(8-10-23)15(16(21)24)11-3-5-12(20)6-4-11/h3-6,13-15H,7-10H2,1-2H3,(H2,21,24)(H,26,27)/t13-,14+,15?/m1/s1. The summed E-state index contributed by atoms with van der Waals surface area (Å²) >= 11 is 5.91. The van der Waals surface area contributed by atoms with Crippen molar-refractivity contribution in [1.82, 2.24) is 9.80 Å². The number of carboxylic acid groups (broad SMARTS) is 1. The molecule has 3 atom stereocenters. The number of halogens is 1. The van der Waals surface area contributed by atoms with Crippen molar-refractivity contribution in [3.63, 3.8) is 0 Å². The van der Waals surface area contributed by atoms with Crippen molar-refractivity contribution >= 4 is 29.4 Å². The van der Waals surface area contributed by atoms with E-state index in [2.05, 4.69) is 0 Å². The number of carbonyl (C=O) groups excluding carboxylic acids is 2. The third-order valence-electron chi connectivity index (χ3n) is 5.81. The number of aliphatic carboxylic acids is 1. The van der Waals surface area contributed by atoms with E-state index < -0.39 is 35.2 Å². The average molecular weight is 394 g/mol. The Morgan fingerprint density at radius 1 is 1.11 bits per heavy atom. The summed E-state index contributed by atoms with van der Waals surface area (Å²) in [5.74, 6) is -2.60. The number of nitrogens with zero attached hydrogens (tertiary/aromatic N) is 2. The van der Waals surface area contributed by atoms with Gasteiger partial charge in [-0.25, -0.2) is 0 Å². The van der Waals surface area contributed by atoms with Crippen molar-refractivity contribution in [3.05, 3.63) is 34.9 Å². The molecule has 1 aliphatic carbocycles. The van der Waals surface area contributed by atoms with Crippen molar-refractivity contribution in [1.29, 1.82) is 0 Å². The largest absolute Gasteiger partial charge is 0.481 e. The van der Waals surface area contributed by atoms with Crippen molar-refractivity contribution in [3.8, 4) is 0 Å². The Morgan fingerprint density at radius 2 is 1.67 bits per heavy atom. The van der Waals surface area contributed by atoms with Crippen LogP contribution in [0.2, 0.25) is 5.02 Å². The molecule has 0 aromatic heterocycles. The number of primary amides is 1. The molecule has 2 aliphatic rings. The second kappa shape index (κ2) is 7.13. The van der Waals surface area contributed by atoms with E-state index in [9.17, 15) is 19.5 Å². The number of carbonyl (C=O) groups is 3. The minimum atomic E-state index is -0.923. The van der Waals surface area contributed by atoms with E-state index in [1.54, 1.807) is 29.2 Å². The van der Waals surface area contributed by atoms with Crippen LogP contribution in [0, 0.1) is 17.3 Å². The molecule has 146 valence electrons. The molecule has 1 unspecified atom stereocenters. The predicted molar refractivity (Wildman–Crippen MR) is 99.9 cm³/mol. The number of rotatable bonds is 5. The molecule has 1 saturated carbocycles. The lowest BCUT2D eigenvalue weighted by molar-refractivity contribution is -0.143. The second-order valence-corrected chi connectivity index (χ2v) is 8.27. The van der Waals surface area contributed by atoms with Gasteiger partial charge in [0.25, 0.3) is 0 Å². The number of amides is 2. The Balaban J connectivity index is 1.65. The van der Waals surface area contributed by atoms with Crippen LogP contribution in [0.4, 0.5) is 0 Å². The minimum Gasteiger partial charge on any atom is -0.481 e. The Morgan fingerprint density at radius 3 is 2.11 bits per heavy atom. The van der Waals surface area contributed by atoms with E-state index in [4.69, 9.17) is 17.3 Å². The molecule has 2 fully saturated rings. The zero-order valence-electron chi connectivity index (χ0n) is 15.4. The van der Waals surface area contributed by atoms with E-state index in [0.717, 1.165) is 5.56 Å². The molecule has 0 bridgehead atoms. The highest BCUT2D eigenvalue weighted by Gasteiger charge is 2.66. The first kappa shape index (κ1) is 19.6. The first-order chi connectivity index (χ1) is 12.6. The van der Waals surface area contributed by atoms with Gasteiger partial charge in [-0.2, -0.15) is 0 Å². The maximum absolute atomic E-state index is 12.7. The zero-order valence-corrected chi connectivity index (χ0v) is 16.1. The summed E-state index contributed by atoms with van der Waals surface area (Å²) in [6, 6.07) is 6.41. The van der Waals surface area contributed by atoms with Gasteiger partial charge in [-0.3, -0.25) is 19.3 Å². The number of carboxylic acids is 1. The third-order valence-corrected chi connectivity index (χ3v) is 6.06. The quantitative estimate of drug-likeness (QED) is 0.786. The van der Waals surface area contributed by atoms with Crippen LogP contribution in [0.3, 0.4) is 0 Å². The van der Waals surface area contributed by atoms with Gasteiger partial charge in [0, 0.05) is 31.2 Å². The van der Waals surface area contributed by atoms with E-state index in [0.29, 0.717) is 31.2 Å². The van der Waals surface area contributed by atoms with Gasteiger partial charge < -0.3 is 15.7 Å². The molecule has 3 N–H and O–H groups in total. The maximum Gasteiger partial charge on any atom is 0.307 e. The molecule has 1 heterocycles. The lowest BCUT2D eigenvalue weighted by Crippen LogP contribution is -2.52. The van der Waals surface area contributed by atoms with Crippen LogP contribution in [-0.4, -0.2) is 58.9 Å². The summed E-state index contributed by atoms with van der Waals surface area (Å²) in [5, 5.41) is 9.87. The van der Waals surface area contributed by atoms with Gasteiger partial charge in [0.2, 0.25) is 11.8 Å². The topological polar surface area (TPSA) is 104 Å². The number of nitrogens with two attached hydrogens (primary N) is 1. The lowest BCUT2D eigenvalue weighted by atomic mass is 10.0. The van der Waals surface area contributed by atoms with Gasteiger partial charge in [-0.05, 0) is 23.1 Å². The predicted octanol–water partition coefficient (Wildman–Crippen LogP) is 1.37. The number of hydrogen-bond acceptors (Lipinski definition) is 4. The van der Waals surface area contributed by atoms with Crippen LogP contribution in [0.1, 0.15) is 25.5 Å². The minimum absolute atomic E-state index is 0.117. The average Bonchev–Trinajstić information content (AvgIpc) is 3.19. The van der Waals surface area contributed by atoms with Gasteiger partial charge in [-0.15, -0.1) is 0 Å². The van der Waals surface area contributed by atoms with Crippen LogP contribution in [-0.2, 0) is 14.4 Å². The third kappa shape index (κ3) is 3.66. The van der Waals surface area contributed by atoms with Crippen molar-refractivity contribution in [2.24, 2.45) is 23.0 Å². The maximum atomic E-state index is 12.7. The van der Waals surface area contributed by atoms with Crippen molar-refractivity contribution < 1.29 is 19.5 Å². The Bertz CT molecular complexity index is 757. The molecule has 27 heavy (non-hydrogen) atoms. The summed E-state index contributed by atoms with van der Waals surface area (Å²) in [7, 11) is 0. The van der Waals surface area contributed by atoms with E-state index in [1.165, 1.54) is 0 Å². The van der Waals surface area contributed by atoms with E-state index >= 15 is 0 Å². The first-order valence-electron chi connectivity index (χ1n) is 8.95. The fourth-order valence-electron chi connectivity index (χ4n) is 4.16. The number of benzene rings is 1. The van der Waals surface area contributed by atoms with Gasteiger partial charge in [0.1, 0.15) is 6.04 Å². The first-order valence-corrected chi connectivity index (χ1v) is 9.33. The Hall–Kier alpha value is -2.12. The highest BCUT2D eigenvalue weighted by atomic mass is 35.5. The molecular formula is C19H24ClN3O4. The van der Waals surface area contributed by atoms with Crippen LogP contribution >= 0.6 is 11.6 Å². The van der Waals surface area contributed by atoms with Crippen molar-refractivity contribution in [2.75, 3.05) is 26.2 Å². The molecule has 1 aliphatic heterocycles. The molecule has 8 heteroatoms. The van der Waals surface area contributed by atoms with E-state index in [1.807, 2.05) is 18.7 Å². The molecule has 0 radical (unpaired) electrons. The van der Waals surface area contributed by atoms with Crippen LogP contribution in [0.5, 0.6) is 0 Å². The van der Waals surface area contributed by atoms with E-state index in [-0.39, 0.29) is 5.91 Å². The molecule has 1 aromatic rings. The van der Waals surface area contributed by atoms with Crippen molar-refractivity contribution in [2.45, 2.75) is 19.9 Å². The number of hydrogen-bond donors (Lipinski definition) is 2. The summed E-state index contributed by atoms with van der Waals surface area (Å²) in [6.45, 7) is 5.49. The summed E-state index contributed by atoms with van der Waals surface area (Å²) in [4.78, 5) is 39.7. The highest BCUT2D eigenvalue weighted by molar-refractivity contribution is 6.30. The molecule has 3 rings (SSSR count). The zero-order chi connectivity index (χ0) is 19.9. The number of piperazine rings is 1.